The monoisotopic (exact) mass is 562 g/mol. The number of aromatic nitrogens is 1. The van der Waals surface area contributed by atoms with Crippen molar-refractivity contribution in [3.05, 3.63) is 87.9 Å². The molecule has 3 N–H and O–H groups in total. The maximum absolute atomic E-state index is 11.5. The molecule has 1 aromatic heterocycles. The first-order valence-electron chi connectivity index (χ1n) is 14.1. The molecular formula is C32H39ClN4O3. The first kappa shape index (κ1) is 28.6. The van der Waals surface area contributed by atoms with Crippen LogP contribution in [0.15, 0.2) is 66.1 Å². The third-order valence-electron chi connectivity index (χ3n) is 8.33. The lowest BCUT2D eigenvalue weighted by Crippen LogP contribution is -2.38. The van der Waals surface area contributed by atoms with Gasteiger partial charge in [-0.25, -0.2) is 0 Å². The second-order valence-corrected chi connectivity index (χ2v) is 12.0. The fraction of sp³-hybridized carbons (Fsp3) is 0.438. The quantitative estimate of drug-likeness (QED) is 0.328. The molecule has 40 heavy (non-hydrogen) atoms. The maximum Gasteiger partial charge on any atom is 0.134 e. The second kappa shape index (κ2) is 12.3. The van der Waals surface area contributed by atoms with E-state index in [0.717, 1.165) is 78.9 Å². The molecule has 3 heterocycles. The molecule has 0 spiro atoms. The van der Waals surface area contributed by atoms with Gasteiger partial charge in [-0.2, -0.15) is 0 Å². The van der Waals surface area contributed by atoms with E-state index >= 15 is 0 Å². The van der Waals surface area contributed by atoms with Gasteiger partial charge in [0, 0.05) is 59.6 Å². The summed E-state index contributed by atoms with van der Waals surface area (Å²) >= 11 is 6.08. The van der Waals surface area contributed by atoms with E-state index in [9.17, 15) is 9.90 Å². The Hall–Kier alpha value is -2.97. The van der Waals surface area contributed by atoms with Gasteiger partial charge in [-0.05, 0) is 75.1 Å². The van der Waals surface area contributed by atoms with Crippen molar-refractivity contribution in [3.8, 4) is 0 Å². The van der Waals surface area contributed by atoms with E-state index in [2.05, 4.69) is 33.0 Å². The molecule has 1 aliphatic carbocycles. The summed E-state index contributed by atoms with van der Waals surface area (Å²) in [5.41, 5.74) is 11.4. The number of aldehydes is 1. The topological polar surface area (TPSA) is 91.9 Å². The number of rotatable bonds is 9. The van der Waals surface area contributed by atoms with Gasteiger partial charge >= 0.3 is 0 Å². The average molecular weight is 563 g/mol. The number of nitrogen functional groups attached to an aromatic ring is 1. The Labute approximate surface area is 242 Å². The van der Waals surface area contributed by atoms with Gasteiger partial charge in [0.25, 0.3) is 0 Å². The van der Waals surface area contributed by atoms with Crippen LogP contribution in [0, 0.1) is 5.92 Å². The van der Waals surface area contributed by atoms with E-state index in [4.69, 9.17) is 22.1 Å². The molecule has 0 radical (unpaired) electrons. The zero-order valence-corrected chi connectivity index (χ0v) is 24.1. The highest BCUT2D eigenvalue weighted by Crippen LogP contribution is 2.41. The Kier molecular flexibility index (Phi) is 8.76. The summed E-state index contributed by atoms with van der Waals surface area (Å²) in [6.07, 6.45) is 11.8. The minimum absolute atomic E-state index is 0.00860. The van der Waals surface area contributed by atoms with Crippen molar-refractivity contribution in [3.63, 3.8) is 0 Å². The molecule has 1 fully saturated rings. The van der Waals surface area contributed by atoms with E-state index in [0.29, 0.717) is 30.4 Å². The summed E-state index contributed by atoms with van der Waals surface area (Å²) < 4.78 is 6.18. The molecule has 7 nitrogen and oxygen atoms in total. The van der Waals surface area contributed by atoms with Gasteiger partial charge in [-0.15, -0.1) is 0 Å². The molecule has 5 rings (SSSR count). The number of carbonyl (C=O) groups is 1. The van der Waals surface area contributed by atoms with Gasteiger partial charge < -0.3 is 25.3 Å². The van der Waals surface area contributed by atoms with Crippen LogP contribution in [0.2, 0.25) is 5.02 Å². The van der Waals surface area contributed by atoms with Crippen LogP contribution >= 0.6 is 11.6 Å². The van der Waals surface area contributed by atoms with E-state index in [1.54, 1.807) is 6.07 Å². The van der Waals surface area contributed by atoms with Crippen LogP contribution < -0.4 is 5.73 Å². The van der Waals surface area contributed by atoms with Crippen molar-refractivity contribution in [2.24, 2.45) is 5.92 Å². The molecule has 2 aliphatic heterocycles. The molecule has 1 saturated heterocycles. The standard InChI is InChI=1S/C32H39ClN4O3/c1-32(2,39)23-8-10-31-28(17-23)26(27-5-3-12-35-30(27)21-40-31)6-4-13-36-14-11-25(20-36)37(15-16-38)19-22-7-9-24(33)18-29(22)34/h3,5-10,12,16,18,23,25,39H,4,11,13-15,17,19-21,34H2,1-2H3/b26-6+/t23?,25-/m1/s1. The average Bonchev–Trinajstić information content (AvgIpc) is 3.33. The number of benzene rings is 1. The van der Waals surface area contributed by atoms with Crippen molar-refractivity contribution in [2.75, 3.05) is 31.9 Å². The molecule has 1 aromatic carbocycles. The number of anilines is 1. The van der Waals surface area contributed by atoms with Crippen LogP contribution in [0.4, 0.5) is 5.69 Å². The van der Waals surface area contributed by atoms with Gasteiger partial charge in [0.05, 0.1) is 17.8 Å². The SMILES string of the molecule is CC(C)(O)C1C=CC2=C(C1)/C(=C/CCN1CC[C@@H](N(CC=O)Cc3ccc(Cl)cc3N)C1)c1cccnc1CO2. The number of pyridine rings is 1. The predicted octanol–water partition coefficient (Wildman–Crippen LogP) is 5.00. The Morgan fingerprint density at radius 1 is 1.32 bits per heavy atom. The lowest BCUT2D eigenvalue weighted by atomic mass is 9.78. The fourth-order valence-corrected chi connectivity index (χ4v) is 6.15. The number of fused-ring (bicyclic) bond motifs is 1. The van der Waals surface area contributed by atoms with Crippen molar-refractivity contribution < 1.29 is 14.6 Å². The first-order valence-corrected chi connectivity index (χ1v) is 14.5. The highest BCUT2D eigenvalue weighted by Gasteiger charge is 2.33. The molecule has 0 saturated carbocycles. The predicted molar refractivity (Wildman–Crippen MR) is 159 cm³/mol. The van der Waals surface area contributed by atoms with Crippen LogP contribution in [0.5, 0.6) is 0 Å². The minimum atomic E-state index is -0.821. The Morgan fingerprint density at radius 2 is 2.17 bits per heavy atom. The van der Waals surface area contributed by atoms with E-state index in [1.165, 1.54) is 0 Å². The number of hydrogen-bond donors (Lipinski definition) is 2. The lowest BCUT2D eigenvalue weighted by molar-refractivity contribution is -0.109. The smallest absolute Gasteiger partial charge is 0.134 e. The molecule has 0 amide bonds. The molecule has 0 bridgehead atoms. The zero-order chi connectivity index (χ0) is 28.3. The Bertz CT molecular complexity index is 1330. The molecule has 2 aromatic rings. The number of nitrogens with zero attached hydrogens (tertiary/aromatic N) is 3. The first-order chi connectivity index (χ1) is 19.2. The number of hydrogen-bond acceptors (Lipinski definition) is 7. The van der Waals surface area contributed by atoms with Crippen molar-refractivity contribution in [2.45, 2.75) is 57.9 Å². The largest absolute Gasteiger partial charge is 0.487 e. The van der Waals surface area contributed by atoms with Gasteiger partial charge in [0.2, 0.25) is 0 Å². The Balaban J connectivity index is 1.29. The summed E-state index contributed by atoms with van der Waals surface area (Å²) in [6, 6.07) is 9.95. The summed E-state index contributed by atoms with van der Waals surface area (Å²) in [4.78, 5) is 20.8. The maximum atomic E-state index is 11.5. The summed E-state index contributed by atoms with van der Waals surface area (Å²) in [6.45, 7) is 7.97. The third-order valence-corrected chi connectivity index (χ3v) is 8.56. The number of carbonyl (C=O) groups excluding carboxylic acids is 1. The van der Waals surface area contributed by atoms with E-state index < -0.39 is 5.60 Å². The van der Waals surface area contributed by atoms with Crippen molar-refractivity contribution in [1.82, 2.24) is 14.8 Å². The van der Waals surface area contributed by atoms with Crippen LogP contribution in [0.1, 0.15) is 49.9 Å². The normalized spacial score (nSPS) is 22.3. The molecule has 1 unspecified atom stereocenters. The summed E-state index contributed by atoms with van der Waals surface area (Å²) in [7, 11) is 0. The van der Waals surface area contributed by atoms with Crippen LogP contribution in [0.25, 0.3) is 5.57 Å². The second-order valence-electron chi connectivity index (χ2n) is 11.5. The molecular weight excluding hydrogens is 524 g/mol. The third kappa shape index (κ3) is 6.50. The highest BCUT2D eigenvalue weighted by molar-refractivity contribution is 6.30. The number of halogens is 1. The Morgan fingerprint density at radius 3 is 2.95 bits per heavy atom. The molecule has 2 atom stereocenters. The number of aliphatic hydroxyl groups is 1. The molecule has 8 heteroatoms. The van der Waals surface area contributed by atoms with Gasteiger partial charge in [-0.3, -0.25) is 9.88 Å². The highest BCUT2D eigenvalue weighted by atomic mass is 35.5. The van der Waals surface area contributed by atoms with E-state index in [1.807, 2.05) is 44.3 Å². The van der Waals surface area contributed by atoms with Gasteiger partial charge in [-0.1, -0.05) is 35.9 Å². The van der Waals surface area contributed by atoms with Crippen LogP contribution in [-0.2, 0) is 22.7 Å². The number of ether oxygens (including phenoxy) is 1. The lowest BCUT2D eigenvalue weighted by Gasteiger charge is -2.31. The van der Waals surface area contributed by atoms with Crippen LogP contribution in [-0.4, -0.2) is 64.0 Å². The molecule has 3 aliphatic rings. The molecule has 212 valence electrons. The minimum Gasteiger partial charge on any atom is -0.487 e. The van der Waals surface area contributed by atoms with Gasteiger partial charge in [0.1, 0.15) is 18.7 Å². The van der Waals surface area contributed by atoms with Crippen molar-refractivity contribution >= 4 is 29.1 Å². The van der Waals surface area contributed by atoms with Crippen molar-refractivity contribution in [1.29, 1.82) is 0 Å². The summed E-state index contributed by atoms with van der Waals surface area (Å²) in [5.74, 6) is 0.881. The van der Waals surface area contributed by atoms with Gasteiger partial charge in [0.15, 0.2) is 0 Å². The zero-order valence-electron chi connectivity index (χ0n) is 23.4. The van der Waals surface area contributed by atoms with Crippen LogP contribution in [0.3, 0.4) is 0 Å². The fourth-order valence-electron chi connectivity index (χ4n) is 5.97. The number of nitrogens with two attached hydrogens (primary N) is 1. The number of likely N-dealkylation sites (tertiary alicyclic amines) is 1. The summed E-state index contributed by atoms with van der Waals surface area (Å²) in [5, 5.41) is 11.4. The van der Waals surface area contributed by atoms with E-state index in [-0.39, 0.29) is 12.0 Å². The number of allylic oxidation sites excluding steroid dienone is 3.